The Morgan fingerprint density at radius 3 is 2.68 bits per heavy atom. The largest absolute Gasteiger partial charge is 0.379 e. The maximum absolute atomic E-state index is 12.0. The normalized spacial score (nSPS) is 11.5. The Labute approximate surface area is 125 Å². The standard InChI is InChI=1S/C13H14BrNO2S2/c1-2-19(16,17)13-6-4-3-5-12(13)15-8-11-7-10(14)9-18-11/h3-7,9,15H,2,8H2,1H3. The maximum Gasteiger partial charge on any atom is 0.180 e. The molecule has 0 radical (unpaired) electrons. The predicted octanol–water partition coefficient (Wildman–Crippen LogP) is 3.92. The van der Waals surface area contributed by atoms with Gasteiger partial charge in [0, 0.05) is 21.3 Å². The molecule has 1 heterocycles. The lowest BCUT2D eigenvalue weighted by atomic mass is 10.3. The summed E-state index contributed by atoms with van der Waals surface area (Å²) in [6.07, 6.45) is 0. The van der Waals surface area contributed by atoms with Gasteiger partial charge in [-0.1, -0.05) is 19.1 Å². The molecule has 0 aliphatic rings. The van der Waals surface area contributed by atoms with Crippen LogP contribution in [0.1, 0.15) is 11.8 Å². The van der Waals surface area contributed by atoms with E-state index >= 15 is 0 Å². The zero-order chi connectivity index (χ0) is 13.9. The van der Waals surface area contributed by atoms with Crippen LogP contribution in [0.15, 0.2) is 45.1 Å². The molecule has 0 spiro atoms. The van der Waals surface area contributed by atoms with Crippen LogP contribution < -0.4 is 5.32 Å². The number of anilines is 1. The molecule has 0 aliphatic heterocycles. The van der Waals surface area contributed by atoms with Gasteiger partial charge in [0.25, 0.3) is 0 Å². The predicted molar refractivity (Wildman–Crippen MR) is 83.5 cm³/mol. The first kappa shape index (κ1) is 14.6. The second kappa shape index (κ2) is 6.07. The van der Waals surface area contributed by atoms with Gasteiger partial charge in [-0.05, 0) is 34.1 Å². The van der Waals surface area contributed by atoms with Crippen molar-refractivity contribution in [1.29, 1.82) is 0 Å². The van der Waals surface area contributed by atoms with Gasteiger partial charge >= 0.3 is 0 Å². The van der Waals surface area contributed by atoms with E-state index < -0.39 is 9.84 Å². The van der Waals surface area contributed by atoms with Gasteiger partial charge < -0.3 is 5.32 Å². The van der Waals surface area contributed by atoms with E-state index in [0.29, 0.717) is 17.1 Å². The summed E-state index contributed by atoms with van der Waals surface area (Å²) in [7, 11) is -3.20. The minimum Gasteiger partial charge on any atom is -0.379 e. The van der Waals surface area contributed by atoms with Crippen molar-refractivity contribution >= 4 is 42.8 Å². The van der Waals surface area contributed by atoms with Crippen LogP contribution in [0.4, 0.5) is 5.69 Å². The van der Waals surface area contributed by atoms with Crippen LogP contribution in [0.3, 0.4) is 0 Å². The molecule has 0 aliphatic carbocycles. The molecule has 2 aromatic rings. The lowest BCUT2D eigenvalue weighted by Gasteiger charge is -2.10. The first-order chi connectivity index (χ1) is 9.03. The summed E-state index contributed by atoms with van der Waals surface area (Å²) in [4.78, 5) is 1.52. The number of sulfone groups is 1. The van der Waals surface area contributed by atoms with E-state index in [1.807, 2.05) is 17.5 Å². The van der Waals surface area contributed by atoms with Crippen molar-refractivity contribution in [2.24, 2.45) is 0 Å². The molecule has 0 fully saturated rings. The summed E-state index contributed by atoms with van der Waals surface area (Å²) in [5.74, 6) is 0.107. The molecule has 6 heteroatoms. The Balaban J connectivity index is 2.21. The van der Waals surface area contributed by atoms with E-state index in [0.717, 1.165) is 9.35 Å². The third-order valence-corrected chi connectivity index (χ3v) is 6.16. The SMILES string of the molecule is CCS(=O)(=O)c1ccccc1NCc1cc(Br)cs1. The van der Waals surface area contributed by atoms with E-state index in [2.05, 4.69) is 21.2 Å². The first-order valence-electron chi connectivity index (χ1n) is 5.81. The van der Waals surface area contributed by atoms with Gasteiger partial charge in [-0.2, -0.15) is 0 Å². The van der Waals surface area contributed by atoms with Gasteiger partial charge in [0.2, 0.25) is 0 Å². The highest BCUT2D eigenvalue weighted by atomic mass is 79.9. The van der Waals surface area contributed by atoms with E-state index in [4.69, 9.17) is 0 Å². The van der Waals surface area contributed by atoms with Crippen LogP contribution in [-0.4, -0.2) is 14.2 Å². The molecule has 0 saturated heterocycles. The minimum absolute atomic E-state index is 0.107. The second-order valence-electron chi connectivity index (χ2n) is 3.98. The van der Waals surface area contributed by atoms with Gasteiger partial charge in [-0.25, -0.2) is 8.42 Å². The highest BCUT2D eigenvalue weighted by Crippen LogP contribution is 2.25. The molecule has 1 aromatic carbocycles. The summed E-state index contributed by atoms with van der Waals surface area (Å²) >= 11 is 5.03. The average Bonchev–Trinajstić information content (AvgIpc) is 2.82. The van der Waals surface area contributed by atoms with Gasteiger partial charge in [-0.15, -0.1) is 11.3 Å². The summed E-state index contributed by atoms with van der Waals surface area (Å²) in [6.45, 7) is 2.27. The number of para-hydroxylation sites is 1. The number of benzene rings is 1. The summed E-state index contributed by atoms with van der Waals surface area (Å²) < 4.78 is 25.0. The molecular weight excluding hydrogens is 346 g/mol. The topological polar surface area (TPSA) is 46.2 Å². The fourth-order valence-corrected chi connectivity index (χ4v) is 4.13. The smallest absolute Gasteiger partial charge is 0.180 e. The highest BCUT2D eigenvalue weighted by molar-refractivity contribution is 9.10. The van der Waals surface area contributed by atoms with Gasteiger partial charge in [0.05, 0.1) is 16.3 Å². The quantitative estimate of drug-likeness (QED) is 0.879. The molecule has 102 valence electrons. The molecule has 1 aromatic heterocycles. The molecule has 19 heavy (non-hydrogen) atoms. The Morgan fingerprint density at radius 2 is 2.05 bits per heavy atom. The number of hydrogen-bond acceptors (Lipinski definition) is 4. The molecular formula is C13H14BrNO2S2. The molecule has 0 amide bonds. The van der Waals surface area contributed by atoms with Crippen LogP contribution in [-0.2, 0) is 16.4 Å². The molecule has 0 saturated carbocycles. The molecule has 0 atom stereocenters. The summed E-state index contributed by atoms with van der Waals surface area (Å²) in [6, 6.07) is 9.04. The third kappa shape index (κ3) is 3.58. The Bertz CT molecular complexity index is 665. The lowest BCUT2D eigenvalue weighted by Crippen LogP contribution is -2.08. The number of rotatable bonds is 5. The van der Waals surface area contributed by atoms with Gasteiger partial charge in [0.1, 0.15) is 0 Å². The average molecular weight is 360 g/mol. The van der Waals surface area contributed by atoms with Crippen LogP contribution in [0, 0.1) is 0 Å². The van der Waals surface area contributed by atoms with E-state index in [-0.39, 0.29) is 5.75 Å². The highest BCUT2D eigenvalue weighted by Gasteiger charge is 2.15. The molecule has 0 bridgehead atoms. The van der Waals surface area contributed by atoms with E-state index in [1.54, 1.807) is 36.5 Å². The summed E-state index contributed by atoms with van der Waals surface area (Å²) in [5.41, 5.74) is 0.661. The van der Waals surface area contributed by atoms with Crippen LogP contribution in [0.25, 0.3) is 0 Å². The zero-order valence-corrected chi connectivity index (χ0v) is 13.6. The van der Waals surface area contributed by atoms with Crippen molar-refractivity contribution in [3.63, 3.8) is 0 Å². The molecule has 0 unspecified atom stereocenters. The Hall–Kier alpha value is -0.850. The van der Waals surface area contributed by atoms with Crippen molar-refractivity contribution in [3.05, 3.63) is 45.1 Å². The second-order valence-corrected chi connectivity index (χ2v) is 8.14. The molecule has 3 nitrogen and oxygen atoms in total. The molecule has 2 rings (SSSR count). The van der Waals surface area contributed by atoms with Crippen molar-refractivity contribution in [3.8, 4) is 0 Å². The third-order valence-electron chi connectivity index (χ3n) is 2.68. The Morgan fingerprint density at radius 1 is 1.32 bits per heavy atom. The van der Waals surface area contributed by atoms with Gasteiger partial charge in [-0.3, -0.25) is 0 Å². The van der Waals surface area contributed by atoms with Crippen LogP contribution >= 0.6 is 27.3 Å². The van der Waals surface area contributed by atoms with Gasteiger partial charge in [0.15, 0.2) is 9.84 Å². The monoisotopic (exact) mass is 359 g/mol. The number of nitrogens with one attached hydrogen (secondary N) is 1. The van der Waals surface area contributed by atoms with Crippen LogP contribution in [0.5, 0.6) is 0 Å². The van der Waals surface area contributed by atoms with Crippen molar-refractivity contribution < 1.29 is 8.42 Å². The Kier molecular flexibility index (Phi) is 4.65. The number of hydrogen-bond donors (Lipinski definition) is 1. The zero-order valence-electron chi connectivity index (χ0n) is 10.4. The van der Waals surface area contributed by atoms with Crippen molar-refractivity contribution in [2.75, 3.05) is 11.1 Å². The maximum atomic E-state index is 12.0. The lowest BCUT2D eigenvalue weighted by molar-refractivity contribution is 0.597. The fraction of sp³-hybridized carbons (Fsp3) is 0.231. The van der Waals surface area contributed by atoms with Crippen molar-refractivity contribution in [1.82, 2.24) is 0 Å². The van der Waals surface area contributed by atoms with E-state index in [9.17, 15) is 8.42 Å². The van der Waals surface area contributed by atoms with E-state index in [1.165, 1.54) is 0 Å². The van der Waals surface area contributed by atoms with Crippen molar-refractivity contribution in [2.45, 2.75) is 18.4 Å². The summed E-state index contributed by atoms with van der Waals surface area (Å²) in [5, 5.41) is 5.20. The number of thiophene rings is 1. The fourth-order valence-electron chi connectivity index (χ4n) is 1.67. The number of halogens is 1. The molecule has 1 N–H and O–H groups in total. The first-order valence-corrected chi connectivity index (χ1v) is 9.14. The van der Waals surface area contributed by atoms with Crippen LogP contribution in [0.2, 0.25) is 0 Å². The minimum atomic E-state index is -3.20.